The van der Waals surface area contributed by atoms with E-state index in [1.807, 2.05) is 46.1 Å². The Hall–Kier alpha value is -3.77. The highest BCUT2D eigenvalue weighted by Crippen LogP contribution is 2.38. The number of carbonyl (C=O) groups excluding carboxylic acids is 1. The highest BCUT2D eigenvalue weighted by atomic mass is 16.3. The number of aliphatic hydroxyl groups is 1. The first-order valence-corrected chi connectivity index (χ1v) is 13.7. The van der Waals surface area contributed by atoms with Gasteiger partial charge in [-0.25, -0.2) is 9.97 Å². The van der Waals surface area contributed by atoms with Crippen LogP contribution < -0.4 is 5.32 Å². The SMILES string of the molecule is N#CCC(C1CCCC1)n1cc(-c2ccnc(Nc3ccc(C(=O)N4C5CCC4CC(O)C5)cc3)n2)cn1. The number of aliphatic hydroxyl groups excluding tert-OH is 1. The number of piperidine rings is 1. The third-order valence-electron chi connectivity index (χ3n) is 8.47. The maximum absolute atomic E-state index is 13.2. The van der Waals surface area contributed by atoms with E-state index in [4.69, 9.17) is 0 Å². The van der Waals surface area contributed by atoms with Crippen molar-refractivity contribution in [2.45, 2.75) is 82.0 Å². The van der Waals surface area contributed by atoms with Gasteiger partial charge in [-0.3, -0.25) is 9.48 Å². The number of hydrogen-bond donors (Lipinski definition) is 2. The van der Waals surface area contributed by atoms with Crippen molar-refractivity contribution in [3.05, 3.63) is 54.5 Å². The molecular formula is C29H33N7O2. The van der Waals surface area contributed by atoms with E-state index in [1.54, 1.807) is 12.4 Å². The van der Waals surface area contributed by atoms with Crippen molar-refractivity contribution in [1.29, 1.82) is 5.26 Å². The summed E-state index contributed by atoms with van der Waals surface area (Å²) in [7, 11) is 0. The molecule has 4 heterocycles. The average Bonchev–Trinajstić information content (AvgIpc) is 3.68. The van der Waals surface area contributed by atoms with Crippen molar-refractivity contribution in [2.75, 3.05) is 5.32 Å². The first-order chi connectivity index (χ1) is 18.6. The summed E-state index contributed by atoms with van der Waals surface area (Å²) in [5, 5.41) is 27.2. The van der Waals surface area contributed by atoms with E-state index in [0.717, 1.165) is 42.6 Å². The molecule has 1 aliphatic carbocycles. The van der Waals surface area contributed by atoms with Gasteiger partial charge in [0.15, 0.2) is 0 Å². The van der Waals surface area contributed by atoms with E-state index >= 15 is 0 Å². The molecule has 2 bridgehead atoms. The molecule has 1 aromatic carbocycles. The Morgan fingerprint density at radius 2 is 1.84 bits per heavy atom. The van der Waals surface area contributed by atoms with Crippen molar-refractivity contribution in [3.63, 3.8) is 0 Å². The summed E-state index contributed by atoms with van der Waals surface area (Å²) in [6.45, 7) is 0. The lowest BCUT2D eigenvalue weighted by molar-refractivity contribution is 0.0287. The molecule has 2 N–H and O–H groups in total. The lowest BCUT2D eigenvalue weighted by Crippen LogP contribution is -2.47. The molecule has 3 atom stereocenters. The molecule has 9 heteroatoms. The smallest absolute Gasteiger partial charge is 0.254 e. The molecule has 0 spiro atoms. The molecule has 3 unspecified atom stereocenters. The maximum Gasteiger partial charge on any atom is 0.254 e. The second kappa shape index (κ2) is 10.5. The lowest BCUT2D eigenvalue weighted by atomic mass is 9.96. The van der Waals surface area contributed by atoms with Crippen molar-refractivity contribution >= 4 is 17.5 Å². The van der Waals surface area contributed by atoms with Gasteiger partial charge >= 0.3 is 0 Å². The van der Waals surface area contributed by atoms with Crippen LogP contribution in [-0.4, -0.2) is 53.8 Å². The minimum Gasteiger partial charge on any atom is -0.393 e. The number of amides is 1. The number of nitriles is 1. The molecule has 196 valence electrons. The number of hydrogen-bond acceptors (Lipinski definition) is 7. The lowest BCUT2D eigenvalue weighted by Gasteiger charge is -2.37. The maximum atomic E-state index is 13.2. The Balaban J connectivity index is 1.14. The molecule has 6 rings (SSSR count). The number of nitrogens with one attached hydrogen (secondary N) is 1. The van der Waals surface area contributed by atoms with Gasteiger partial charge in [-0.05, 0) is 74.8 Å². The first-order valence-electron chi connectivity index (χ1n) is 13.7. The zero-order chi connectivity index (χ0) is 26.1. The molecule has 3 aliphatic rings. The molecule has 2 saturated heterocycles. The van der Waals surface area contributed by atoms with Gasteiger partial charge in [0.25, 0.3) is 5.91 Å². The second-order valence-electron chi connectivity index (χ2n) is 10.9. The predicted octanol–water partition coefficient (Wildman–Crippen LogP) is 4.86. The number of fused-ring (bicyclic) bond motifs is 2. The van der Waals surface area contributed by atoms with E-state index < -0.39 is 0 Å². The van der Waals surface area contributed by atoms with Gasteiger partial charge in [-0.2, -0.15) is 10.4 Å². The Morgan fingerprint density at radius 1 is 1.11 bits per heavy atom. The molecule has 2 aromatic heterocycles. The Labute approximate surface area is 222 Å². The number of nitrogens with zero attached hydrogens (tertiary/aromatic N) is 6. The van der Waals surface area contributed by atoms with E-state index in [1.165, 1.54) is 12.8 Å². The summed E-state index contributed by atoms with van der Waals surface area (Å²) in [4.78, 5) is 24.2. The van der Waals surface area contributed by atoms with Crippen LogP contribution in [0.4, 0.5) is 11.6 Å². The normalized spacial score (nSPS) is 23.8. The Bertz CT molecular complexity index is 1310. The van der Waals surface area contributed by atoms with Crippen LogP contribution in [-0.2, 0) is 0 Å². The minimum atomic E-state index is -0.292. The van der Waals surface area contributed by atoms with Gasteiger partial charge in [0, 0.05) is 41.3 Å². The zero-order valence-electron chi connectivity index (χ0n) is 21.4. The first kappa shape index (κ1) is 24.6. The fourth-order valence-corrected chi connectivity index (χ4v) is 6.60. The number of rotatable bonds is 7. The summed E-state index contributed by atoms with van der Waals surface area (Å²) in [6, 6.07) is 12.0. The predicted molar refractivity (Wildman–Crippen MR) is 142 cm³/mol. The monoisotopic (exact) mass is 511 g/mol. The molecule has 3 fully saturated rings. The molecule has 0 radical (unpaired) electrons. The van der Waals surface area contributed by atoms with Crippen molar-refractivity contribution in [3.8, 4) is 17.3 Å². The standard InChI is InChI=1S/C29H33N7O2/c30-13-11-27(19-3-1-2-4-19)35-18-21(17-32-35)26-12-14-31-29(34-26)33-22-7-5-20(6-8-22)28(38)36-23-9-10-24(36)16-25(37)15-23/h5-8,12,14,17-19,23-25,27,37H,1-4,9-11,15-16H2,(H,31,33,34). The van der Waals surface area contributed by atoms with Crippen molar-refractivity contribution < 1.29 is 9.90 Å². The van der Waals surface area contributed by atoms with Crippen LogP contribution in [0.15, 0.2) is 48.9 Å². The van der Waals surface area contributed by atoms with Gasteiger partial charge in [0.1, 0.15) is 0 Å². The van der Waals surface area contributed by atoms with Gasteiger partial charge in [-0.1, -0.05) is 12.8 Å². The average molecular weight is 512 g/mol. The van der Waals surface area contributed by atoms with Crippen LogP contribution in [0.25, 0.3) is 11.3 Å². The van der Waals surface area contributed by atoms with Gasteiger partial charge in [0.2, 0.25) is 5.95 Å². The second-order valence-corrected chi connectivity index (χ2v) is 10.9. The summed E-state index contributed by atoms with van der Waals surface area (Å²) in [5.41, 5.74) is 3.09. The molecular weight excluding hydrogens is 478 g/mol. The molecule has 9 nitrogen and oxygen atoms in total. The summed E-state index contributed by atoms with van der Waals surface area (Å²) < 4.78 is 1.94. The van der Waals surface area contributed by atoms with Gasteiger partial charge < -0.3 is 15.3 Å². The largest absolute Gasteiger partial charge is 0.393 e. The third kappa shape index (κ3) is 4.88. The highest BCUT2D eigenvalue weighted by Gasteiger charge is 2.42. The van der Waals surface area contributed by atoms with Gasteiger partial charge in [0.05, 0.1) is 36.5 Å². The number of carbonyl (C=O) groups is 1. The molecule has 1 amide bonds. The highest BCUT2D eigenvalue weighted by molar-refractivity contribution is 5.95. The van der Waals surface area contributed by atoms with E-state index in [0.29, 0.717) is 36.7 Å². The Morgan fingerprint density at radius 3 is 2.55 bits per heavy atom. The number of benzene rings is 1. The third-order valence-corrected chi connectivity index (χ3v) is 8.47. The zero-order valence-corrected chi connectivity index (χ0v) is 21.4. The van der Waals surface area contributed by atoms with Crippen LogP contribution in [0.5, 0.6) is 0 Å². The summed E-state index contributed by atoms with van der Waals surface area (Å²) >= 11 is 0. The van der Waals surface area contributed by atoms with Crippen LogP contribution in [0, 0.1) is 17.2 Å². The quantitative estimate of drug-likeness (QED) is 0.465. The topological polar surface area (TPSA) is 120 Å². The molecule has 3 aromatic rings. The van der Waals surface area contributed by atoms with Gasteiger partial charge in [-0.15, -0.1) is 0 Å². The van der Waals surface area contributed by atoms with Crippen LogP contribution in [0.3, 0.4) is 0 Å². The fraction of sp³-hybridized carbons (Fsp3) is 0.483. The fourth-order valence-electron chi connectivity index (χ4n) is 6.60. The number of aromatic nitrogens is 4. The van der Waals surface area contributed by atoms with Crippen LogP contribution in [0.1, 0.15) is 74.2 Å². The molecule has 2 aliphatic heterocycles. The van der Waals surface area contributed by atoms with Crippen molar-refractivity contribution in [1.82, 2.24) is 24.6 Å². The molecule has 1 saturated carbocycles. The van der Waals surface area contributed by atoms with E-state index in [-0.39, 0.29) is 30.1 Å². The summed E-state index contributed by atoms with van der Waals surface area (Å²) in [6.07, 6.45) is 13.7. The van der Waals surface area contributed by atoms with Crippen LogP contribution in [0.2, 0.25) is 0 Å². The summed E-state index contributed by atoms with van der Waals surface area (Å²) in [5.74, 6) is 0.997. The van der Waals surface area contributed by atoms with Crippen LogP contribution >= 0.6 is 0 Å². The van der Waals surface area contributed by atoms with Crippen molar-refractivity contribution in [2.24, 2.45) is 5.92 Å². The van der Waals surface area contributed by atoms with E-state index in [2.05, 4.69) is 26.5 Å². The van der Waals surface area contributed by atoms with E-state index in [9.17, 15) is 15.2 Å². The minimum absolute atomic E-state index is 0.0403. The number of anilines is 2. The Kier molecular flexibility index (Phi) is 6.81. The molecule has 38 heavy (non-hydrogen) atoms.